The van der Waals surface area contributed by atoms with Crippen LogP contribution in [0.15, 0.2) is 42.6 Å². The second kappa shape index (κ2) is 8.79. The molecule has 1 aliphatic heterocycles. The molecule has 2 heterocycles. The van der Waals surface area contributed by atoms with E-state index in [9.17, 15) is 13.6 Å². The molecule has 0 saturated carbocycles. The van der Waals surface area contributed by atoms with Gasteiger partial charge in [0.05, 0.1) is 18.3 Å². The first-order chi connectivity index (χ1) is 14.5. The van der Waals surface area contributed by atoms with Crippen molar-refractivity contribution in [2.24, 2.45) is 0 Å². The number of nitrogens with one attached hydrogen (secondary N) is 2. The number of carbonyl (C=O) groups is 1. The maximum absolute atomic E-state index is 14.3. The summed E-state index contributed by atoms with van der Waals surface area (Å²) in [7, 11) is 2.05. The van der Waals surface area contributed by atoms with Gasteiger partial charge in [0.15, 0.2) is 0 Å². The fourth-order valence-corrected chi connectivity index (χ4v) is 3.88. The molecule has 1 fully saturated rings. The molecule has 1 saturated heterocycles. The lowest BCUT2D eigenvalue weighted by Gasteiger charge is -2.37. The van der Waals surface area contributed by atoms with Crippen molar-refractivity contribution in [1.29, 1.82) is 0 Å². The second-order valence-corrected chi connectivity index (χ2v) is 7.85. The number of aromatic nitrogens is 2. The highest BCUT2D eigenvalue weighted by Crippen LogP contribution is 2.21. The van der Waals surface area contributed by atoms with Crippen molar-refractivity contribution in [1.82, 2.24) is 25.3 Å². The molecule has 2 N–H and O–H groups in total. The second-order valence-electron chi connectivity index (χ2n) is 7.85. The lowest BCUT2D eigenvalue weighted by atomic mass is 10.0. The molecule has 158 valence electrons. The molecule has 1 aromatic heterocycles. The number of fused-ring (bicyclic) bond motifs is 1. The van der Waals surface area contributed by atoms with Crippen molar-refractivity contribution in [2.75, 3.05) is 20.1 Å². The van der Waals surface area contributed by atoms with Crippen LogP contribution >= 0.6 is 0 Å². The Balaban J connectivity index is 1.49. The SMILES string of the molecule is CN1CCC(N(Cc2ccc(F)cc2F)C(=O)NCc2ccc3cn[nH]c3c2)CC1. The van der Waals surface area contributed by atoms with E-state index in [-0.39, 0.29) is 18.6 Å². The topological polar surface area (TPSA) is 64.3 Å². The quantitative estimate of drug-likeness (QED) is 0.671. The van der Waals surface area contributed by atoms with E-state index in [1.54, 1.807) is 11.1 Å². The minimum atomic E-state index is -0.634. The predicted molar refractivity (Wildman–Crippen MR) is 111 cm³/mol. The summed E-state index contributed by atoms with van der Waals surface area (Å²) in [6, 6.07) is 9.08. The third-order valence-electron chi connectivity index (χ3n) is 5.70. The smallest absolute Gasteiger partial charge is 0.318 e. The Kier molecular flexibility index (Phi) is 5.94. The molecular weight excluding hydrogens is 388 g/mol. The Morgan fingerprint density at radius 2 is 2.03 bits per heavy atom. The molecule has 6 nitrogen and oxygen atoms in total. The first-order valence-electron chi connectivity index (χ1n) is 10.1. The highest BCUT2D eigenvalue weighted by atomic mass is 19.1. The van der Waals surface area contributed by atoms with Crippen molar-refractivity contribution in [2.45, 2.75) is 32.0 Å². The van der Waals surface area contributed by atoms with Gasteiger partial charge in [-0.25, -0.2) is 13.6 Å². The van der Waals surface area contributed by atoms with E-state index in [0.717, 1.165) is 48.5 Å². The number of piperidine rings is 1. The normalized spacial score (nSPS) is 15.4. The molecule has 0 spiro atoms. The van der Waals surface area contributed by atoms with Crippen molar-refractivity contribution in [3.63, 3.8) is 0 Å². The third kappa shape index (κ3) is 4.59. The van der Waals surface area contributed by atoms with E-state index >= 15 is 0 Å². The van der Waals surface area contributed by atoms with E-state index in [2.05, 4.69) is 20.4 Å². The molecule has 0 aliphatic carbocycles. The molecule has 4 rings (SSSR count). The van der Waals surface area contributed by atoms with Crippen LogP contribution in [0.25, 0.3) is 10.9 Å². The molecule has 0 bridgehead atoms. The number of urea groups is 1. The molecule has 2 aromatic carbocycles. The number of hydrogen-bond donors (Lipinski definition) is 2. The summed E-state index contributed by atoms with van der Waals surface area (Å²) in [5.41, 5.74) is 2.16. The average molecular weight is 413 g/mol. The number of nitrogens with zero attached hydrogens (tertiary/aromatic N) is 3. The molecular formula is C22H25F2N5O. The van der Waals surface area contributed by atoms with Gasteiger partial charge < -0.3 is 15.1 Å². The van der Waals surface area contributed by atoms with E-state index < -0.39 is 11.6 Å². The van der Waals surface area contributed by atoms with Gasteiger partial charge in [0.25, 0.3) is 0 Å². The van der Waals surface area contributed by atoms with Crippen LogP contribution in [0.1, 0.15) is 24.0 Å². The summed E-state index contributed by atoms with van der Waals surface area (Å²) >= 11 is 0. The van der Waals surface area contributed by atoms with E-state index in [4.69, 9.17) is 0 Å². The number of benzene rings is 2. The Morgan fingerprint density at radius 3 is 2.80 bits per heavy atom. The minimum Gasteiger partial charge on any atom is -0.334 e. The van der Waals surface area contributed by atoms with E-state index in [1.165, 1.54) is 12.1 Å². The number of amides is 2. The molecule has 2 amide bonds. The average Bonchev–Trinajstić information content (AvgIpc) is 3.20. The molecule has 3 aromatic rings. The highest BCUT2D eigenvalue weighted by Gasteiger charge is 2.27. The van der Waals surface area contributed by atoms with Crippen LogP contribution in [0, 0.1) is 11.6 Å². The van der Waals surface area contributed by atoms with Crippen LogP contribution < -0.4 is 5.32 Å². The van der Waals surface area contributed by atoms with Crippen LogP contribution in [-0.2, 0) is 13.1 Å². The van der Waals surface area contributed by atoms with Gasteiger partial charge >= 0.3 is 6.03 Å². The maximum Gasteiger partial charge on any atom is 0.318 e. The number of likely N-dealkylation sites (tertiary alicyclic amines) is 1. The predicted octanol–water partition coefficient (Wildman–Crippen LogP) is 3.65. The largest absolute Gasteiger partial charge is 0.334 e. The summed E-state index contributed by atoms with van der Waals surface area (Å²) < 4.78 is 27.5. The van der Waals surface area contributed by atoms with E-state index in [1.807, 2.05) is 25.2 Å². The molecule has 30 heavy (non-hydrogen) atoms. The van der Waals surface area contributed by atoms with Gasteiger partial charge in [0, 0.05) is 29.6 Å². The number of aromatic amines is 1. The Hall–Kier alpha value is -3.00. The van der Waals surface area contributed by atoms with Gasteiger partial charge in [0.2, 0.25) is 0 Å². The standard InChI is InChI=1S/C22H25F2N5O/c1-28-8-6-19(7-9-28)29(14-17-4-5-18(23)11-20(17)24)22(30)25-12-15-2-3-16-13-26-27-21(16)10-15/h2-5,10-11,13,19H,6-9,12,14H2,1H3,(H,25,30)(H,26,27). The van der Waals surface area contributed by atoms with Gasteiger partial charge in [-0.3, -0.25) is 5.10 Å². The lowest BCUT2D eigenvalue weighted by molar-refractivity contribution is 0.126. The van der Waals surface area contributed by atoms with E-state index in [0.29, 0.717) is 12.1 Å². The molecule has 1 aliphatic rings. The first kappa shape index (κ1) is 20.3. The Bertz CT molecular complexity index is 1030. The summed E-state index contributed by atoms with van der Waals surface area (Å²) in [6.45, 7) is 2.20. The van der Waals surface area contributed by atoms with Crippen molar-refractivity contribution < 1.29 is 13.6 Å². The van der Waals surface area contributed by atoms with Gasteiger partial charge in [-0.05, 0) is 50.7 Å². The fraction of sp³-hybridized carbons (Fsp3) is 0.364. The highest BCUT2D eigenvalue weighted by molar-refractivity contribution is 5.79. The van der Waals surface area contributed by atoms with Gasteiger partial charge in [-0.2, -0.15) is 5.10 Å². The molecule has 8 heteroatoms. The molecule has 0 unspecified atom stereocenters. The maximum atomic E-state index is 14.3. The number of H-pyrrole nitrogens is 1. The van der Waals surface area contributed by atoms with Crippen LogP contribution in [0.4, 0.5) is 13.6 Å². The van der Waals surface area contributed by atoms with Crippen LogP contribution in [0.2, 0.25) is 0 Å². The Labute approximate surface area is 173 Å². The third-order valence-corrected chi connectivity index (χ3v) is 5.70. The number of carbonyl (C=O) groups excluding carboxylic acids is 1. The van der Waals surface area contributed by atoms with Crippen LogP contribution in [0.3, 0.4) is 0 Å². The van der Waals surface area contributed by atoms with Gasteiger partial charge in [0.1, 0.15) is 11.6 Å². The zero-order valence-corrected chi connectivity index (χ0v) is 16.9. The summed E-state index contributed by atoms with van der Waals surface area (Å²) in [6.07, 6.45) is 3.37. The zero-order valence-electron chi connectivity index (χ0n) is 16.9. The monoisotopic (exact) mass is 413 g/mol. The Morgan fingerprint density at radius 1 is 1.23 bits per heavy atom. The first-order valence-corrected chi connectivity index (χ1v) is 10.1. The zero-order chi connectivity index (χ0) is 21.1. The number of hydrogen-bond acceptors (Lipinski definition) is 3. The molecule has 0 atom stereocenters. The van der Waals surface area contributed by atoms with Crippen molar-refractivity contribution in [3.8, 4) is 0 Å². The van der Waals surface area contributed by atoms with Crippen LogP contribution in [-0.4, -0.2) is 52.2 Å². The lowest BCUT2D eigenvalue weighted by Crippen LogP contribution is -2.49. The van der Waals surface area contributed by atoms with Crippen molar-refractivity contribution >= 4 is 16.9 Å². The van der Waals surface area contributed by atoms with Gasteiger partial charge in [-0.1, -0.05) is 18.2 Å². The molecule has 0 radical (unpaired) electrons. The van der Waals surface area contributed by atoms with Crippen molar-refractivity contribution in [3.05, 3.63) is 65.4 Å². The summed E-state index contributed by atoms with van der Waals surface area (Å²) in [4.78, 5) is 17.0. The fourth-order valence-electron chi connectivity index (χ4n) is 3.88. The number of halogens is 2. The minimum absolute atomic E-state index is 0.000685. The van der Waals surface area contributed by atoms with Gasteiger partial charge in [-0.15, -0.1) is 0 Å². The number of rotatable bonds is 5. The summed E-state index contributed by atoms with van der Waals surface area (Å²) in [5, 5.41) is 10.9. The van der Waals surface area contributed by atoms with Crippen LogP contribution in [0.5, 0.6) is 0 Å². The summed E-state index contributed by atoms with van der Waals surface area (Å²) in [5.74, 6) is -1.26.